The van der Waals surface area contributed by atoms with Gasteiger partial charge in [-0.2, -0.15) is 0 Å². The fraction of sp³-hybridized carbons (Fsp3) is 0.640. The number of rotatable bonds is 7. The largest absolute Gasteiger partial charge is 0.354 e. The first-order valence-corrected chi connectivity index (χ1v) is 11.9. The molecule has 3 N–H and O–H groups in total. The molecule has 6 rings (SSSR count). The molecule has 31 heavy (non-hydrogen) atoms. The lowest BCUT2D eigenvalue weighted by molar-refractivity contribution is -0.149. The monoisotopic (exact) mass is 422 g/mol. The second-order valence-electron chi connectivity index (χ2n) is 10.6. The van der Waals surface area contributed by atoms with E-state index >= 15 is 0 Å². The molecule has 4 fully saturated rings. The highest BCUT2D eigenvalue weighted by molar-refractivity contribution is 5.90. The quantitative estimate of drug-likeness (QED) is 0.637. The van der Waals surface area contributed by atoms with Gasteiger partial charge in [0.05, 0.1) is 11.0 Å². The maximum atomic E-state index is 13.4. The van der Waals surface area contributed by atoms with Crippen molar-refractivity contribution in [3.05, 3.63) is 30.1 Å². The van der Waals surface area contributed by atoms with Crippen LogP contribution in [-0.2, 0) is 16.0 Å². The van der Waals surface area contributed by atoms with Crippen LogP contribution in [0.3, 0.4) is 0 Å². The lowest BCUT2D eigenvalue weighted by Gasteiger charge is -2.55. The van der Waals surface area contributed by atoms with E-state index in [4.69, 9.17) is 0 Å². The van der Waals surface area contributed by atoms with Crippen LogP contribution in [0.25, 0.3) is 11.0 Å². The molecular formula is C25H34N4O2. The third-order valence-electron chi connectivity index (χ3n) is 7.86. The van der Waals surface area contributed by atoms with Crippen molar-refractivity contribution in [1.82, 2.24) is 20.6 Å². The number of aromatic nitrogens is 2. The summed E-state index contributed by atoms with van der Waals surface area (Å²) in [6.07, 6.45) is 7.61. The average Bonchev–Trinajstić information content (AvgIpc) is 3.13. The number of hydrogen-bond donors (Lipinski definition) is 3. The summed E-state index contributed by atoms with van der Waals surface area (Å²) in [7, 11) is 0. The minimum Gasteiger partial charge on any atom is -0.354 e. The van der Waals surface area contributed by atoms with Gasteiger partial charge in [-0.15, -0.1) is 0 Å². The summed E-state index contributed by atoms with van der Waals surface area (Å²) in [5.41, 5.74) is 1.72. The predicted molar refractivity (Wildman–Crippen MR) is 120 cm³/mol. The van der Waals surface area contributed by atoms with Crippen molar-refractivity contribution in [3.8, 4) is 0 Å². The lowest BCUT2D eigenvalue weighted by Crippen LogP contribution is -2.58. The molecule has 4 saturated carbocycles. The van der Waals surface area contributed by atoms with Crippen molar-refractivity contribution >= 4 is 22.8 Å². The Labute approximate surface area is 184 Å². The summed E-state index contributed by atoms with van der Waals surface area (Å²) in [6.45, 7) is 4.50. The maximum absolute atomic E-state index is 13.4. The minimum absolute atomic E-state index is 0.0454. The topological polar surface area (TPSA) is 86.9 Å². The van der Waals surface area contributed by atoms with E-state index in [0.29, 0.717) is 30.7 Å². The molecule has 2 amide bonds. The molecule has 0 unspecified atom stereocenters. The Bertz CT molecular complexity index is 911. The number of hydrogen-bond acceptors (Lipinski definition) is 3. The molecule has 1 aromatic carbocycles. The molecule has 1 heterocycles. The SMILES string of the molecule is CC(C)[C@H](NC(=O)C12CC3CC(CC(C3)C1)C2)C(=O)NCCc1nc2ccccc2[nH]1. The van der Waals surface area contributed by atoms with Gasteiger partial charge in [-0.25, -0.2) is 4.98 Å². The van der Waals surface area contributed by atoms with Crippen LogP contribution < -0.4 is 10.6 Å². The zero-order chi connectivity index (χ0) is 21.6. The van der Waals surface area contributed by atoms with Crippen LogP contribution in [0.1, 0.15) is 58.2 Å². The highest BCUT2D eigenvalue weighted by atomic mass is 16.2. The second kappa shape index (κ2) is 7.95. The van der Waals surface area contributed by atoms with E-state index in [-0.39, 0.29) is 23.1 Å². The summed E-state index contributed by atoms with van der Waals surface area (Å²) in [6, 6.07) is 7.43. The molecule has 6 nitrogen and oxygen atoms in total. The summed E-state index contributed by atoms with van der Waals surface area (Å²) >= 11 is 0. The molecule has 4 aliphatic rings. The number of carbonyl (C=O) groups excluding carboxylic acids is 2. The number of fused-ring (bicyclic) bond motifs is 1. The summed E-state index contributed by atoms with van der Waals surface area (Å²) in [4.78, 5) is 34.2. The highest BCUT2D eigenvalue weighted by Crippen LogP contribution is 2.60. The van der Waals surface area contributed by atoms with E-state index in [1.807, 2.05) is 38.1 Å². The van der Waals surface area contributed by atoms with Crippen molar-refractivity contribution in [3.63, 3.8) is 0 Å². The van der Waals surface area contributed by atoms with Crippen LogP contribution in [-0.4, -0.2) is 34.4 Å². The number of amides is 2. The molecule has 1 atom stereocenters. The third kappa shape index (κ3) is 3.97. The van der Waals surface area contributed by atoms with E-state index in [2.05, 4.69) is 20.6 Å². The first kappa shape index (κ1) is 20.5. The highest BCUT2D eigenvalue weighted by Gasteiger charge is 2.55. The Morgan fingerprint density at radius 1 is 1.10 bits per heavy atom. The number of para-hydroxylation sites is 2. The van der Waals surface area contributed by atoms with Crippen LogP contribution in [0.4, 0.5) is 0 Å². The van der Waals surface area contributed by atoms with Gasteiger partial charge in [0.15, 0.2) is 0 Å². The smallest absolute Gasteiger partial charge is 0.242 e. The lowest BCUT2D eigenvalue weighted by atomic mass is 9.49. The van der Waals surface area contributed by atoms with Crippen molar-refractivity contribution in [1.29, 1.82) is 0 Å². The molecule has 0 spiro atoms. The van der Waals surface area contributed by atoms with Gasteiger partial charge >= 0.3 is 0 Å². The second-order valence-corrected chi connectivity index (χ2v) is 10.6. The first-order valence-electron chi connectivity index (χ1n) is 11.9. The Hall–Kier alpha value is -2.37. The Kier molecular flexibility index (Phi) is 5.27. The standard InChI is InChI=1S/C25H34N4O2/c1-15(2)22(23(30)26-8-7-21-27-19-5-3-4-6-20(19)28-21)29-24(31)25-12-16-9-17(13-25)11-18(10-16)14-25/h3-6,15-18,22H,7-14H2,1-2H3,(H,26,30)(H,27,28)(H,29,31)/t16?,17?,18?,22-,25?/m0/s1. The van der Waals surface area contributed by atoms with Crippen LogP contribution in [0, 0.1) is 29.1 Å². The Balaban J connectivity index is 1.19. The zero-order valence-electron chi connectivity index (χ0n) is 18.6. The number of carbonyl (C=O) groups is 2. The first-order chi connectivity index (χ1) is 14.9. The number of imidazole rings is 1. The number of H-pyrrole nitrogens is 1. The van der Waals surface area contributed by atoms with Crippen LogP contribution in [0.2, 0.25) is 0 Å². The van der Waals surface area contributed by atoms with Gasteiger partial charge < -0.3 is 15.6 Å². The fourth-order valence-corrected chi connectivity index (χ4v) is 6.76. The third-order valence-corrected chi connectivity index (χ3v) is 7.86. The van der Waals surface area contributed by atoms with Crippen LogP contribution in [0.15, 0.2) is 24.3 Å². The van der Waals surface area contributed by atoms with Crippen molar-refractivity contribution in [2.75, 3.05) is 6.54 Å². The zero-order valence-corrected chi connectivity index (χ0v) is 18.6. The fourth-order valence-electron chi connectivity index (χ4n) is 6.76. The summed E-state index contributed by atoms with van der Waals surface area (Å²) in [5.74, 6) is 3.08. The van der Waals surface area contributed by atoms with Crippen molar-refractivity contribution in [2.45, 2.75) is 64.8 Å². The molecule has 0 aliphatic heterocycles. The number of nitrogens with one attached hydrogen (secondary N) is 3. The summed E-state index contributed by atoms with van der Waals surface area (Å²) < 4.78 is 0. The van der Waals surface area contributed by atoms with Gasteiger partial charge in [0.1, 0.15) is 11.9 Å². The average molecular weight is 423 g/mol. The molecular weight excluding hydrogens is 388 g/mol. The minimum atomic E-state index is -0.490. The number of benzene rings is 1. The van der Waals surface area contributed by atoms with Crippen molar-refractivity contribution < 1.29 is 9.59 Å². The van der Waals surface area contributed by atoms with Crippen molar-refractivity contribution in [2.24, 2.45) is 29.1 Å². The molecule has 4 bridgehead atoms. The van der Waals surface area contributed by atoms with E-state index in [0.717, 1.165) is 36.1 Å². The number of aromatic amines is 1. The van der Waals surface area contributed by atoms with Gasteiger partial charge in [-0.1, -0.05) is 26.0 Å². The molecule has 0 radical (unpaired) electrons. The molecule has 166 valence electrons. The summed E-state index contributed by atoms with van der Waals surface area (Å²) in [5, 5.41) is 6.19. The van der Waals surface area contributed by atoms with E-state index in [1.165, 1.54) is 19.3 Å². The van der Waals surface area contributed by atoms with Gasteiger partial charge in [-0.05, 0) is 74.3 Å². The van der Waals surface area contributed by atoms with Gasteiger partial charge in [0.25, 0.3) is 0 Å². The van der Waals surface area contributed by atoms with Gasteiger partial charge in [-0.3, -0.25) is 9.59 Å². The predicted octanol–water partition coefficient (Wildman–Crippen LogP) is 3.58. The maximum Gasteiger partial charge on any atom is 0.242 e. The van der Waals surface area contributed by atoms with E-state index < -0.39 is 6.04 Å². The molecule has 4 aliphatic carbocycles. The van der Waals surface area contributed by atoms with Crippen LogP contribution >= 0.6 is 0 Å². The normalized spacial score (nSPS) is 30.0. The van der Waals surface area contributed by atoms with Gasteiger partial charge in [0, 0.05) is 18.4 Å². The van der Waals surface area contributed by atoms with Crippen LogP contribution in [0.5, 0.6) is 0 Å². The molecule has 0 saturated heterocycles. The molecule has 6 heteroatoms. The van der Waals surface area contributed by atoms with Gasteiger partial charge in [0.2, 0.25) is 11.8 Å². The van der Waals surface area contributed by atoms with E-state index in [9.17, 15) is 9.59 Å². The number of nitrogens with zero attached hydrogens (tertiary/aromatic N) is 1. The van der Waals surface area contributed by atoms with E-state index in [1.54, 1.807) is 0 Å². The molecule has 2 aromatic rings. The Morgan fingerprint density at radius 3 is 2.35 bits per heavy atom. The molecule has 1 aromatic heterocycles. The Morgan fingerprint density at radius 2 is 1.74 bits per heavy atom.